The fraction of sp³-hybridized carbons (Fsp3) is 0.269. The Balaban J connectivity index is 1.48. The third-order valence-electron chi connectivity index (χ3n) is 5.85. The van der Waals surface area contributed by atoms with E-state index in [1.54, 1.807) is 12.1 Å². The van der Waals surface area contributed by atoms with Gasteiger partial charge >= 0.3 is 0 Å². The fourth-order valence-electron chi connectivity index (χ4n) is 4.07. The molecule has 0 spiro atoms. The molecular formula is C26H29N3O4S. The number of para-hydroxylation sites is 1. The highest BCUT2D eigenvalue weighted by atomic mass is 32.2. The van der Waals surface area contributed by atoms with Gasteiger partial charge in [-0.3, -0.25) is 4.79 Å². The van der Waals surface area contributed by atoms with Gasteiger partial charge in [-0.1, -0.05) is 55.0 Å². The second kappa shape index (κ2) is 10.7. The predicted octanol–water partition coefficient (Wildman–Crippen LogP) is 4.59. The van der Waals surface area contributed by atoms with E-state index in [0.717, 1.165) is 30.4 Å². The molecule has 178 valence electrons. The van der Waals surface area contributed by atoms with Crippen LogP contribution in [0.3, 0.4) is 0 Å². The molecule has 7 nitrogen and oxygen atoms in total. The molecule has 1 aliphatic rings. The first kappa shape index (κ1) is 23.8. The van der Waals surface area contributed by atoms with Gasteiger partial charge in [0.25, 0.3) is 0 Å². The van der Waals surface area contributed by atoms with Crippen LogP contribution < -0.4 is 15.4 Å². The third kappa shape index (κ3) is 5.40. The number of hydrogen-bond acceptors (Lipinski definition) is 5. The number of methoxy groups -OCH3 is 1. The largest absolute Gasteiger partial charge is 0.495 e. The van der Waals surface area contributed by atoms with Crippen LogP contribution in [0.1, 0.15) is 19.3 Å². The van der Waals surface area contributed by atoms with E-state index >= 15 is 0 Å². The molecule has 0 radical (unpaired) electrons. The molecule has 0 bridgehead atoms. The van der Waals surface area contributed by atoms with Crippen molar-refractivity contribution in [3.05, 3.63) is 72.8 Å². The van der Waals surface area contributed by atoms with Crippen LogP contribution in [0, 0.1) is 0 Å². The number of hydrogen-bond donors (Lipinski definition) is 2. The van der Waals surface area contributed by atoms with Crippen LogP contribution >= 0.6 is 0 Å². The van der Waals surface area contributed by atoms with Gasteiger partial charge in [0, 0.05) is 24.3 Å². The van der Waals surface area contributed by atoms with E-state index < -0.39 is 10.0 Å². The summed E-state index contributed by atoms with van der Waals surface area (Å²) in [5.41, 5.74) is 3.08. The number of amides is 1. The number of nitrogens with zero attached hydrogens (tertiary/aromatic N) is 1. The highest BCUT2D eigenvalue weighted by Gasteiger charge is 2.26. The Hall–Kier alpha value is -3.36. The van der Waals surface area contributed by atoms with E-state index in [9.17, 15) is 13.2 Å². The molecule has 1 fully saturated rings. The van der Waals surface area contributed by atoms with Crippen LogP contribution in [0.4, 0.5) is 11.4 Å². The summed E-state index contributed by atoms with van der Waals surface area (Å²) >= 11 is 0. The molecule has 0 aromatic heterocycles. The Morgan fingerprint density at radius 1 is 0.912 bits per heavy atom. The molecule has 0 atom stereocenters. The predicted molar refractivity (Wildman–Crippen MR) is 135 cm³/mol. The van der Waals surface area contributed by atoms with E-state index in [0.29, 0.717) is 30.2 Å². The summed E-state index contributed by atoms with van der Waals surface area (Å²) in [6, 6.07) is 22.1. The van der Waals surface area contributed by atoms with Gasteiger partial charge in [-0.25, -0.2) is 8.42 Å². The van der Waals surface area contributed by atoms with Crippen molar-refractivity contribution in [2.75, 3.05) is 37.4 Å². The Kier molecular flexibility index (Phi) is 7.49. The van der Waals surface area contributed by atoms with Gasteiger partial charge in [-0.2, -0.15) is 4.31 Å². The van der Waals surface area contributed by atoms with Gasteiger partial charge in [0.2, 0.25) is 15.9 Å². The first-order chi connectivity index (χ1) is 16.5. The van der Waals surface area contributed by atoms with Crippen LogP contribution in [-0.2, 0) is 14.8 Å². The molecule has 0 saturated carbocycles. The van der Waals surface area contributed by atoms with Crippen molar-refractivity contribution in [3.8, 4) is 16.9 Å². The summed E-state index contributed by atoms with van der Waals surface area (Å²) in [4.78, 5) is 12.9. The number of carbonyl (C=O) groups excluding carboxylic acids is 1. The first-order valence-electron chi connectivity index (χ1n) is 11.4. The molecule has 1 heterocycles. The summed E-state index contributed by atoms with van der Waals surface area (Å²) in [5, 5.41) is 5.98. The summed E-state index contributed by atoms with van der Waals surface area (Å²) in [6.45, 7) is 1.01. The first-order valence-corrected chi connectivity index (χ1v) is 12.8. The Morgan fingerprint density at radius 2 is 1.62 bits per heavy atom. The van der Waals surface area contributed by atoms with Crippen molar-refractivity contribution in [2.24, 2.45) is 0 Å². The lowest BCUT2D eigenvalue weighted by Gasteiger charge is -2.26. The number of ether oxygens (including phenoxy) is 1. The van der Waals surface area contributed by atoms with Gasteiger partial charge in [0.15, 0.2) is 0 Å². The number of anilines is 2. The fourth-order valence-corrected chi connectivity index (χ4v) is 5.62. The molecule has 0 unspecified atom stereocenters. The molecule has 1 amide bonds. The quantitative estimate of drug-likeness (QED) is 0.494. The molecule has 3 aromatic rings. The zero-order valence-electron chi connectivity index (χ0n) is 19.2. The monoisotopic (exact) mass is 479 g/mol. The minimum atomic E-state index is -3.60. The van der Waals surface area contributed by atoms with Crippen molar-refractivity contribution < 1.29 is 17.9 Å². The van der Waals surface area contributed by atoms with Crippen molar-refractivity contribution >= 4 is 27.3 Å². The Bertz CT molecular complexity index is 1240. The van der Waals surface area contributed by atoms with Crippen LogP contribution in [0.25, 0.3) is 11.1 Å². The maximum Gasteiger partial charge on any atom is 0.243 e. The second-order valence-corrected chi connectivity index (χ2v) is 10.1. The smallest absolute Gasteiger partial charge is 0.243 e. The van der Waals surface area contributed by atoms with Gasteiger partial charge in [-0.15, -0.1) is 0 Å². The lowest BCUT2D eigenvalue weighted by Crippen LogP contribution is -2.35. The van der Waals surface area contributed by atoms with E-state index in [1.165, 1.54) is 17.5 Å². The standard InChI is InChI=1S/C26H29N3O4S/c1-33-25-15-14-21(34(31,32)29-16-8-3-9-17-29)18-24(25)27-19-26(30)28-23-13-7-6-12-22(23)20-10-4-2-5-11-20/h2,4-7,10-15,18,27H,3,8-9,16-17,19H2,1H3,(H,28,30). The molecule has 4 rings (SSSR count). The summed E-state index contributed by atoms with van der Waals surface area (Å²) in [6.07, 6.45) is 2.78. The Morgan fingerprint density at radius 3 is 2.35 bits per heavy atom. The number of sulfonamides is 1. The van der Waals surface area contributed by atoms with E-state index in [1.807, 2.05) is 54.6 Å². The second-order valence-electron chi connectivity index (χ2n) is 8.14. The minimum Gasteiger partial charge on any atom is -0.495 e. The number of piperidine rings is 1. The average molecular weight is 480 g/mol. The lowest BCUT2D eigenvalue weighted by atomic mass is 10.0. The van der Waals surface area contributed by atoms with Gasteiger partial charge in [-0.05, 0) is 42.7 Å². The van der Waals surface area contributed by atoms with Gasteiger partial charge in [0.1, 0.15) is 5.75 Å². The third-order valence-corrected chi connectivity index (χ3v) is 7.74. The van der Waals surface area contributed by atoms with Crippen LogP contribution in [0.5, 0.6) is 5.75 Å². The molecule has 8 heteroatoms. The molecule has 1 saturated heterocycles. The summed E-state index contributed by atoms with van der Waals surface area (Å²) in [5.74, 6) is 0.213. The van der Waals surface area contributed by atoms with Crippen LogP contribution in [0.15, 0.2) is 77.7 Å². The Labute approximate surface area is 200 Å². The highest BCUT2D eigenvalue weighted by Crippen LogP contribution is 2.30. The number of benzene rings is 3. The maximum atomic E-state index is 13.1. The molecular weight excluding hydrogens is 450 g/mol. The number of rotatable bonds is 8. The van der Waals surface area contributed by atoms with E-state index in [4.69, 9.17) is 4.74 Å². The van der Waals surface area contributed by atoms with Crippen molar-refractivity contribution in [2.45, 2.75) is 24.2 Å². The van der Waals surface area contributed by atoms with Crippen molar-refractivity contribution in [3.63, 3.8) is 0 Å². The molecule has 34 heavy (non-hydrogen) atoms. The molecule has 2 N–H and O–H groups in total. The zero-order valence-corrected chi connectivity index (χ0v) is 20.0. The maximum absolute atomic E-state index is 13.1. The SMILES string of the molecule is COc1ccc(S(=O)(=O)N2CCCCC2)cc1NCC(=O)Nc1ccccc1-c1ccccc1. The highest BCUT2D eigenvalue weighted by molar-refractivity contribution is 7.89. The van der Waals surface area contributed by atoms with Crippen LogP contribution in [-0.4, -0.2) is 45.4 Å². The molecule has 0 aliphatic carbocycles. The minimum absolute atomic E-state index is 0.0489. The summed E-state index contributed by atoms with van der Waals surface area (Å²) in [7, 11) is -2.09. The average Bonchev–Trinajstić information content (AvgIpc) is 2.88. The van der Waals surface area contributed by atoms with E-state index in [-0.39, 0.29) is 17.3 Å². The van der Waals surface area contributed by atoms with E-state index in [2.05, 4.69) is 10.6 Å². The molecule has 1 aliphatic heterocycles. The summed E-state index contributed by atoms with van der Waals surface area (Å²) < 4.78 is 33.0. The van der Waals surface area contributed by atoms with Crippen molar-refractivity contribution in [1.29, 1.82) is 0 Å². The van der Waals surface area contributed by atoms with Crippen LogP contribution in [0.2, 0.25) is 0 Å². The topological polar surface area (TPSA) is 87.7 Å². The zero-order chi connectivity index (χ0) is 24.0. The normalized spacial score (nSPS) is 14.4. The number of carbonyl (C=O) groups is 1. The number of nitrogens with one attached hydrogen (secondary N) is 2. The van der Waals surface area contributed by atoms with Gasteiger partial charge in [0.05, 0.1) is 24.2 Å². The lowest BCUT2D eigenvalue weighted by molar-refractivity contribution is -0.114. The van der Waals surface area contributed by atoms with Gasteiger partial charge < -0.3 is 15.4 Å². The van der Waals surface area contributed by atoms with Crippen molar-refractivity contribution in [1.82, 2.24) is 4.31 Å². The molecule has 3 aromatic carbocycles.